The summed E-state index contributed by atoms with van der Waals surface area (Å²) in [5.41, 5.74) is 1.13. The number of carbonyl (C=O) groups excluding carboxylic acids is 2. The van der Waals surface area contributed by atoms with Crippen LogP contribution in [0.5, 0.6) is 0 Å². The summed E-state index contributed by atoms with van der Waals surface area (Å²) >= 11 is 0. The number of unbranched alkanes of at least 4 members (excludes halogenated alkanes) is 6. The van der Waals surface area contributed by atoms with E-state index in [1.807, 2.05) is 29.1 Å². The second kappa shape index (κ2) is 12.7. The number of aryl methyl sites for hydroxylation is 1. The maximum Gasteiger partial charge on any atom is 0.242 e. The molecule has 1 heterocycles. The Balaban J connectivity index is 1.88. The lowest BCUT2D eigenvalue weighted by atomic mass is 10.1. The van der Waals surface area contributed by atoms with Gasteiger partial charge in [-0.25, -0.2) is 0 Å². The van der Waals surface area contributed by atoms with Crippen LogP contribution < -0.4 is 0 Å². The fourth-order valence-electron chi connectivity index (χ4n) is 3.75. The van der Waals surface area contributed by atoms with Crippen molar-refractivity contribution in [3.05, 3.63) is 24.0 Å². The second-order valence-electron chi connectivity index (χ2n) is 8.55. The zero-order valence-electron chi connectivity index (χ0n) is 18.9. The van der Waals surface area contributed by atoms with E-state index in [1.165, 1.54) is 25.7 Å². The van der Waals surface area contributed by atoms with Crippen LogP contribution in [0.3, 0.4) is 0 Å². The minimum absolute atomic E-state index is 0.0860. The summed E-state index contributed by atoms with van der Waals surface area (Å²) < 4.78 is 2.06. The Labute approximate surface area is 177 Å². The van der Waals surface area contributed by atoms with Crippen LogP contribution in [0, 0.1) is 0 Å². The van der Waals surface area contributed by atoms with Crippen LogP contribution >= 0.6 is 0 Å². The first-order valence-corrected chi connectivity index (χ1v) is 11.7. The standard InChI is InChI=1S/C24H41N3O2/c1-4-6-8-9-10-11-14-23(28)27(21-15-16-21)20-24(29)26(18-7-5-2)19-22-13-12-17-25(22)3/h12-13,17,21H,4-11,14-16,18-20H2,1-3H3. The van der Waals surface area contributed by atoms with Crippen LogP contribution in [0.1, 0.15) is 90.2 Å². The number of carbonyl (C=O) groups is 2. The summed E-state index contributed by atoms with van der Waals surface area (Å²) in [4.78, 5) is 29.7. The highest BCUT2D eigenvalue weighted by Crippen LogP contribution is 2.28. The lowest BCUT2D eigenvalue weighted by molar-refractivity contribution is -0.141. The first kappa shape index (κ1) is 23.5. The van der Waals surface area contributed by atoms with Crippen LogP contribution in [0.2, 0.25) is 0 Å². The number of hydrogen-bond donors (Lipinski definition) is 0. The molecule has 1 fully saturated rings. The first-order chi connectivity index (χ1) is 14.1. The summed E-state index contributed by atoms with van der Waals surface area (Å²) in [7, 11) is 2.01. The van der Waals surface area contributed by atoms with E-state index in [1.54, 1.807) is 0 Å². The Morgan fingerprint density at radius 1 is 1.00 bits per heavy atom. The van der Waals surface area contributed by atoms with Crippen molar-refractivity contribution in [2.24, 2.45) is 7.05 Å². The Hall–Kier alpha value is -1.78. The van der Waals surface area contributed by atoms with Gasteiger partial charge in [0.25, 0.3) is 0 Å². The van der Waals surface area contributed by atoms with Crippen molar-refractivity contribution in [2.45, 2.75) is 97.1 Å². The monoisotopic (exact) mass is 403 g/mol. The molecular weight excluding hydrogens is 362 g/mol. The molecule has 0 N–H and O–H groups in total. The van der Waals surface area contributed by atoms with Crippen LogP contribution in [-0.4, -0.2) is 45.3 Å². The average molecular weight is 404 g/mol. The molecule has 1 aromatic heterocycles. The predicted octanol–water partition coefficient (Wildman–Crippen LogP) is 4.90. The molecule has 1 aliphatic rings. The van der Waals surface area contributed by atoms with E-state index in [0.29, 0.717) is 13.0 Å². The van der Waals surface area contributed by atoms with Gasteiger partial charge in [0.1, 0.15) is 6.54 Å². The van der Waals surface area contributed by atoms with Gasteiger partial charge in [-0.3, -0.25) is 9.59 Å². The Morgan fingerprint density at radius 2 is 1.69 bits per heavy atom. The van der Waals surface area contributed by atoms with Gasteiger partial charge in [0.05, 0.1) is 6.54 Å². The third-order valence-corrected chi connectivity index (χ3v) is 5.90. The smallest absolute Gasteiger partial charge is 0.242 e. The van der Waals surface area contributed by atoms with Crippen molar-refractivity contribution in [2.75, 3.05) is 13.1 Å². The maximum absolute atomic E-state index is 13.1. The van der Waals surface area contributed by atoms with Crippen LogP contribution in [0.4, 0.5) is 0 Å². The van der Waals surface area contributed by atoms with E-state index >= 15 is 0 Å². The van der Waals surface area contributed by atoms with Gasteiger partial charge < -0.3 is 14.4 Å². The van der Waals surface area contributed by atoms with E-state index in [0.717, 1.165) is 50.8 Å². The number of rotatable bonds is 15. The van der Waals surface area contributed by atoms with E-state index in [2.05, 4.69) is 24.5 Å². The molecular formula is C24H41N3O2. The maximum atomic E-state index is 13.1. The van der Waals surface area contributed by atoms with Crippen molar-refractivity contribution >= 4 is 11.8 Å². The van der Waals surface area contributed by atoms with E-state index < -0.39 is 0 Å². The molecule has 5 nitrogen and oxygen atoms in total. The van der Waals surface area contributed by atoms with Crippen molar-refractivity contribution in [1.29, 1.82) is 0 Å². The molecule has 2 rings (SSSR count). The minimum atomic E-state index is 0.0860. The van der Waals surface area contributed by atoms with Crippen LogP contribution in [0.15, 0.2) is 18.3 Å². The van der Waals surface area contributed by atoms with Crippen LogP contribution in [-0.2, 0) is 23.2 Å². The molecule has 5 heteroatoms. The van der Waals surface area contributed by atoms with Crippen molar-refractivity contribution in [1.82, 2.24) is 14.4 Å². The molecule has 2 amide bonds. The fraction of sp³-hybridized carbons (Fsp3) is 0.750. The molecule has 0 radical (unpaired) electrons. The largest absolute Gasteiger partial charge is 0.353 e. The number of aromatic nitrogens is 1. The molecule has 0 aromatic carbocycles. The Kier molecular flexibility index (Phi) is 10.3. The number of nitrogens with zero attached hydrogens (tertiary/aromatic N) is 3. The van der Waals surface area contributed by atoms with Gasteiger partial charge >= 0.3 is 0 Å². The summed E-state index contributed by atoms with van der Waals surface area (Å²) in [6.07, 6.45) is 13.8. The van der Waals surface area contributed by atoms with Gasteiger partial charge in [0.2, 0.25) is 11.8 Å². The highest BCUT2D eigenvalue weighted by molar-refractivity contribution is 5.85. The van der Waals surface area contributed by atoms with E-state index in [-0.39, 0.29) is 24.4 Å². The molecule has 0 aliphatic heterocycles. The zero-order chi connectivity index (χ0) is 21.1. The van der Waals surface area contributed by atoms with E-state index in [9.17, 15) is 9.59 Å². The average Bonchev–Trinajstić information content (AvgIpc) is 3.47. The van der Waals surface area contributed by atoms with Gasteiger partial charge in [-0.2, -0.15) is 0 Å². The Bertz CT molecular complexity index is 621. The Morgan fingerprint density at radius 3 is 2.31 bits per heavy atom. The molecule has 0 saturated heterocycles. The van der Waals surface area contributed by atoms with Crippen molar-refractivity contribution < 1.29 is 9.59 Å². The molecule has 1 aliphatic carbocycles. The lowest BCUT2D eigenvalue weighted by Crippen LogP contribution is -2.44. The molecule has 0 bridgehead atoms. The topological polar surface area (TPSA) is 45.6 Å². The number of amides is 2. The minimum Gasteiger partial charge on any atom is -0.353 e. The molecule has 0 atom stereocenters. The summed E-state index contributed by atoms with van der Waals surface area (Å²) in [6.45, 7) is 5.98. The molecule has 164 valence electrons. The van der Waals surface area contributed by atoms with Gasteiger partial charge in [-0.05, 0) is 37.8 Å². The third kappa shape index (κ3) is 8.23. The first-order valence-electron chi connectivity index (χ1n) is 11.7. The van der Waals surface area contributed by atoms with Crippen molar-refractivity contribution in [3.8, 4) is 0 Å². The predicted molar refractivity (Wildman–Crippen MR) is 118 cm³/mol. The summed E-state index contributed by atoms with van der Waals surface area (Å²) in [5.74, 6) is 0.258. The van der Waals surface area contributed by atoms with Crippen LogP contribution in [0.25, 0.3) is 0 Å². The highest BCUT2D eigenvalue weighted by Gasteiger charge is 2.34. The van der Waals surface area contributed by atoms with Gasteiger partial charge in [-0.1, -0.05) is 52.4 Å². The lowest BCUT2D eigenvalue weighted by Gasteiger charge is -2.28. The fourth-order valence-corrected chi connectivity index (χ4v) is 3.75. The second-order valence-corrected chi connectivity index (χ2v) is 8.55. The summed E-state index contributed by atoms with van der Waals surface area (Å²) in [6, 6.07) is 4.36. The van der Waals surface area contributed by atoms with Gasteiger partial charge in [-0.15, -0.1) is 0 Å². The molecule has 1 aromatic rings. The summed E-state index contributed by atoms with van der Waals surface area (Å²) in [5, 5.41) is 0. The number of hydrogen-bond acceptors (Lipinski definition) is 2. The third-order valence-electron chi connectivity index (χ3n) is 5.90. The quantitative estimate of drug-likeness (QED) is 0.391. The highest BCUT2D eigenvalue weighted by atomic mass is 16.2. The SMILES string of the molecule is CCCCCCCCC(=O)N(CC(=O)N(CCCC)Cc1cccn1C)C1CC1. The van der Waals surface area contributed by atoms with Gasteiger partial charge in [0.15, 0.2) is 0 Å². The van der Waals surface area contributed by atoms with E-state index in [4.69, 9.17) is 0 Å². The molecule has 29 heavy (non-hydrogen) atoms. The van der Waals surface area contributed by atoms with Crippen molar-refractivity contribution in [3.63, 3.8) is 0 Å². The normalized spacial score (nSPS) is 13.5. The molecule has 0 spiro atoms. The van der Waals surface area contributed by atoms with Gasteiger partial charge in [0, 0.05) is 37.9 Å². The molecule has 0 unspecified atom stereocenters. The molecule has 1 saturated carbocycles. The zero-order valence-corrected chi connectivity index (χ0v) is 18.9.